The molecule has 296 valence electrons. The molecule has 5 aromatic rings. The van der Waals surface area contributed by atoms with Gasteiger partial charge in [-0.15, -0.1) is 0 Å². The van der Waals surface area contributed by atoms with Gasteiger partial charge in [0.1, 0.15) is 17.5 Å². The van der Waals surface area contributed by atoms with Crippen molar-refractivity contribution in [3.63, 3.8) is 0 Å². The molecule has 6 rings (SSSR count). The fourth-order valence-electron chi connectivity index (χ4n) is 7.90. The number of hydrogen-bond donors (Lipinski definition) is 1. The number of methoxy groups -OCH3 is 4. The molecule has 2 amide bonds. The number of nitrogens with zero attached hydrogens (tertiary/aromatic N) is 1. The van der Waals surface area contributed by atoms with Crippen molar-refractivity contribution in [1.29, 1.82) is 0 Å². The number of ketones is 1. The summed E-state index contributed by atoms with van der Waals surface area (Å²) in [4.78, 5) is 45.8. The third-order valence-electron chi connectivity index (χ3n) is 10.9. The first kappa shape index (κ1) is 40.6. The molecule has 57 heavy (non-hydrogen) atoms. The predicted molar refractivity (Wildman–Crippen MR) is 221 cm³/mol. The average molecular weight is 769 g/mol. The third kappa shape index (κ3) is 9.48. The minimum atomic E-state index is -1.03. The molecule has 2 atom stereocenters. The van der Waals surface area contributed by atoms with Gasteiger partial charge < -0.3 is 29.2 Å². The highest BCUT2D eigenvalue weighted by Gasteiger charge is 2.45. The average Bonchev–Trinajstić information content (AvgIpc) is 3.25. The topological polar surface area (TPSA) is 103 Å². The molecule has 0 fully saturated rings. The quantitative estimate of drug-likeness (QED) is 0.0751. The lowest BCUT2D eigenvalue weighted by atomic mass is 9.83. The van der Waals surface area contributed by atoms with Crippen LogP contribution in [0.15, 0.2) is 115 Å². The number of nitrogens with one attached hydrogen (secondary N) is 1. The number of ether oxygens (including phenoxy) is 4. The second-order valence-electron chi connectivity index (χ2n) is 14.4. The van der Waals surface area contributed by atoms with Gasteiger partial charge in [0.05, 0.1) is 34.5 Å². The highest BCUT2D eigenvalue weighted by Crippen LogP contribution is 2.43. The molecule has 5 aromatic carbocycles. The highest BCUT2D eigenvalue weighted by atomic mass is 16.5. The van der Waals surface area contributed by atoms with Crippen LogP contribution in [-0.4, -0.2) is 63.0 Å². The Hall–Kier alpha value is -6.09. The fraction of sp³-hybridized carbons (Fsp3) is 0.312. The van der Waals surface area contributed by atoms with Gasteiger partial charge in [0.25, 0.3) is 11.7 Å². The van der Waals surface area contributed by atoms with Gasteiger partial charge in [-0.05, 0) is 97.5 Å². The van der Waals surface area contributed by atoms with Crippen LogP contribution in [0, 0.1) is 6.92 Å². The number of carbonyl (C=O) groups is 3. The predicted octanol–water partition coefficient (Wildman–Crippen LogP) is 8.29. The summed E-state index contributed by atoms with van der Waals surface area (Å²) >= 11 is 0. The second-order valence-corrected chi connectivity index (χ2v) is 14.4. The molecule has 1 aliphatic heterocycles. The lowest BCUT2D eigenvalue weighted by Crippen LogP contribution is -2.57. The monoisotopic (exact) mass is 768 g/mol. The first-order valence-corrected chi connectivity index (χ1v) is 19.5. The standard InChI is InChI=1S/C48H52N2O7/c1-32-41(54-2)29-37(30-42(32)55-3)46(51)48(53)50-40(27-36-28-43(56-4)44(57-5)31-39(36)45(50)35-23-13-8-14-24-35)47(52)49-38(25-15-21-33-17-9-6-10-18-33)26-16-22-34-19-11-7-12-20-34/h6-14,17-20,23-24,28-31,38,40,45H,15-16,21-22,25-27H2,1-5H3,(H,49,52)/t40-,45-/m0/s1. The van der Waals surface area contributed by atoms with Gasteiger partial charge >= 0.3 is 0 Å². The summed E-state index contributed by atoms with van der Waals surface area (Å²) in [5.41, 5.74) is 5.58. The molecule has 0 saturated heterocycles. The van der Waals surface area contributed by atoms with E-state index in [1.807, 2.05) is 85.8 Å². The summed E-state index contributed by atoms with van der Waals surface area (Å²) in [7, 11) is 6.13. The lowest BCUT2D eigenvalue weighted by molar-refractivity contribution is -0.140. The Balaban J connectivity index is 1.39. The van der Waals surface area contributed by atoms with Crippen molar-refractivity contribution in [2.45, 2.75) is 70.0 Å². The molecule has 1 aliphatic rings. The molecule has 1 heterocycles. The zero-order valence-electron chi connectivity index (χ0n) is 33.5. The van der Waals surface area contributed by atoms with E-state index in [1.54, 1.807) is 26.4 Å². The first-order chi connectivity index (χ1) is 27.8. The van der Waals surface area contributed by atoms with Crippen LogP contribution in [0.5, 0.6) is 23.0 Å². The van der Waals surface area contributed by atoms with Crippen LogP contribution in [0.3, 0.4) is 0 Å². The van der Waals surface area contributed by atoms with Crippen molar-refractivity contribution >= 4 is 17.6 Å². The van der Waals surface area contributed by atoms with E-state index in [0.717, 1.165) is 55.2 Å². The molecule has 9 heteroatoms. The first-order valence-electron chi connectivity index (χ1n) is 19.5. The minimum absolute atomic E-state index is 0.100. The third-order valence-corrected chi connectivity index (χ3v) is 10.9. The molecular weight excluding hydrogens is 717 g/mol. The summed E-state index contributed by atoms with van der Waals surface area (Å²) < 4.78 is 22.6. The number of hydrogen-bond acceptors (Lipinski definition) is 7. The number of Topliss-reactive ketones (excluding diaryl/α,β-unsaturated/α-hetero) is 1. The van der Waals surface area contributed by atoms with Crippen LogP contribution in [-0.2, 0) is 28.9 Å². The molecule has 0 saturated carbocycles. The summed E-state index contributed by atoms with van der Waals surface area (Å²) in [6, 6.07) is 35.0. The maximum atomic E-state index is 15.0. The van der Waals surface area contributed by atoms with Gasteiger partial charge in [0.15, 0.2) is 11.5 Å². The highest BCUT2D eigenvalue weighted by molar-refractivity contribution is 6.43. The van der Waals surface area contributed by atoms with Crippen LogP contribution in [0.2, 0.25) is 0 Å². The van der Waals surface area contributed by atoms with Gasteiger partial charge in [-0.3, -0.25) is 14.4 Å². The Morgan fingerprint density at radius 1 is 0.667 bits per heavy atom. The Bertz CT molecular complexity index is 2070. The number of rotatable bonds is 17. The zero-order chi connectivity index (χ0) is 40.3. The van der Waals surface area contributed by atoms with E-state index in [0.29, 0.717) is 28.6 Å². The van der Waals surface area contributed by atoms with Crippen LogP contribution < -0.4 is 24.3 Å². The number of carbonyl (C=O) groups excluding carboxylic acids is 3. The van der Waals surface area contributed by atoms with Crippen LogP contribution in [0.25, 0.3) is 0 Å². The normalized spacial score (nSPS) is 14.7. The van der Waals surface area contributed by atoms with Crippen molar-refractivity contribution in [2.24, 2.45) is 0 Å². The van der Waals surface area contributed by atoms with Crippen LogP contribution >= 0.6 is 0 Å². The molecule has 0 spiro atoms. The Kier molecular flexibility index (Phi) is 13.6. The summed E-state index contributed by atoms with van der Waals surface area (Å²) in [5, 5.41) is 3.38. The van der Waals surface area contributed by atoms with E-state index >= 15 is 0 Å². The Morgan fingerprint density at radius 2 is 1.16 bits per heavy atom. The second kappa shape index (κ2) is 19.2. The smallest absolute Gasteiger partial charge is 0.296 e. The van der Waals surface area contributed by atoms with E-state index < -0.39 is 23.8 Å². The van der Waals surface area contributed by atoms with E-state index in [1.165, 1.54) is 30.2 Å². The van der Waals surface area contributed by atoms with Crippen LogP contribution in [0.1, 0.15) is 75.5 Å². The zero-order valence-corrected chi connectivity index (χ0v) is 33.5. The lowest BCUT2D eigenvalue weighted by Gasteiger charge is -2.43. The number of aryl methyl sites for hydroxylation is 2. The van der Waals surface area contributed by atoms with E-state index in [4.69, 9.17) is 18.9 Å². The maximum absolute atomic E-state index is 15.0. The summed E-state index contributed by atoms with van der Waals surface area (Å²) in [6.07, 6.45) is 5.16. The van der Waals surface area contributed by atoms with Gasteiger partial charge in [0, 0.05) is 23.6 Å². The molecule has 0 bridgehead atoms. The van der Waals surface area contributed by atoms with Crippen molar-refractivity contribution < 1.29 is 33.3 Å². The minimum Gasteiger partial charge on any atom is -0.496 e. The van der Waals surface area contributed by atoms with Gasteiger partial charge in [-0.25, -0.2) is 0 Å². The van der Waals surface area contributed by atoms with Crippen molar-refractivity contribution in [3.05, 3.63) is 154 Å². The van der Waals surface area contributed by atoms with Crippen molar-refractivity contribution in [1.82, 2.24) is 10.2 Å². The number of fused-ring (bicyclic) bond motifs is 1. The van der Waals surface area contributed by atoms with E-state index in [2.05, 4.69) is 29.6 Å². The summed E-state index contributed by atoms with van der Waals surface area (Å²) in [6.45, 7) is 1.82. The van der Waals surface area contributed by atoms with E-state index in [9.17, 15) is 14.4 Å². The van der Waals surface area contributed by atoms with Crippen LogP contribution in [0.4, 0.5) is 0 Å². The molecule has 0 aromatic heterocycles. The Morgan fingerprint density at radius 3 is 1.67 bits per heavy atom. The van der Waals surface area contributed by atoms with Crippen molar-refractivity contribution in [3.8, 4) is 23.0 Å². The fourth-order valence-corrected chi connectivity index (χ4v) is 7.90. The molecule has 0 aliphatic carbocycles. The number of amides is 2. The molecule has 9 nitrogen and oxygen atoms in total. The van der Waals surface area contributed by atoms with E-state index in [-0.39, 0.29) is 23.9 Å². The Labute approximate surface area is 335 Å². The maximum Gasteiger partial charge on any atom is 0.296 e. The van der Waals surface area contributed by atoms with Gasteiger partial charge in [0.2, 0.25) is 5.91 Å². The molecule has 1 N–H and O–H groups in total. The van der Waals surface area contributed by atoms with Gasteiger partial charge in [-0.2, -0.15) is 0 Å². The largest absolute Gasteiger partial charge is 0.496 e. The summed E-state index contributed by atoms with van der Waals surface area (Å²) in [5.74, 6) is -0.108. The number of benzene rings is 5. The SMILES string of the molecule is COc1cc2c(cc1OC)[C@H](c1ccccc1)N(C(=O)C(=O)c1cc(OC)c(C)c(OC)c1)[C@H](C(=O)NC(CCCc1ccccc1)CCCc1ccccc1)C2. The molecule has 0 radical (unpaired) electrons. The molecular formula is C48H52N2O7. The van der Waals surface area contributed by atoms with Gasteiger partial charge in [-0.1, -0.05) is 91.0 Å². The van der Waals surface area contributed by atoms with Crippen molar-refractivity contribution in [2.75, 3.05) is 28.4 Å². The molecule has 0 unspecified atom stereocenters.